The fraction of sp³-hybridized carbons (Fsp3) is 0.231. The zero-order valence-electron chi connectivity index (χ0n) is 18.3. The predicted molar refractivity (Wildman–Crippen MR) is 126 cm³/mol. The second kappa shape index (κ2) is 11.6. The molecule has 0 aliphatic rings. The molecule has 3 rings (SSSR count). The highest BCUT2D eigenvalue weighted by Gasteiger charge is 2.22. The zero-order chi connectivity index (χ0) is 22.8. The molecule has 6 nitrogen and oxygen atoms in total. The summed E-state index contributed by atoms with van der Waals surface area (Å²) in [6, 6.07) is 25.5. The third-order valence-corrected chi connectivity index (χ3v) is 4.81. The van der Waals surface area contributed by atoms with Crippen LogP contribution in [0, 0.1) is 0 Å². The summed E-state index contributed by atoms with van der Waals surface area (Å²) in [5.41, 5.74) is 0.992. The Bertz CT molecular complexity index is 926. The highest BCUT2D eigenvalue weighted by Crippen LogP contribution is 2.23. The predicted octanol–water partition coefficient (Wildman–Crippen LogP) is 5.28. The lowest BCUT2D eigenvalue weighted by atomic mass is 10.2. The molecular formula is C26H28N2O4. The van der Waals surface area contributed by atoms with Crippen molar-refractivity contribution in [3.05, 3.63) is 84.9 Å². The SMILES string of the molecule is CC[C@H](Oc1ccccc1)C(=O)Nc1ccccc1NC(=O)[C@@H](CC)Oc1ccccc1. The van der Waals surface area contributed by atoms with Gasteiger partial charge in [0.15, 0.2) is 12.2 Å². The molecule has 32 heavy (non-hydrogen) atoms. The van der Waals surface area contributed by atoms with Crippen LogP contribution in [-0.4, -0.2) is 24.0 Å². The van der Waals surface area contributed by atoms with Crippen molar-refractivity contribution in [3.8, 4) is 11.5 Å². The van der Waals surface area contributed by atoms with Crippen LogP contribution in [0.1, 0.15) is 26.7 Å². The number of para-hydroxylation sites is 4. The van der Waals surface area contributed by atoms with Crippen molar-refractivity contribution in [2.75, 3.05) is 10.6 Å². The van der Waals surface area contributed by atoms with Gasteiger partial charge in [0.05, 0.1) is 11.4 Å². The number of nitrogens with one attached hydrogen (secondary N) is 2. The molecular weight excluding hydrogens is 404 g/mol. The Morgan fingerprint density at radius 2 is 0.969 bits per heavy atom. The van der Waals surface area contributed by atoms with E-state index in [4.69, 9.17) is 9.47 Å². The van der Waals surface area contributed by atoms with Gasteiger partial charge in [-0.25, -0.2) is 0 Å². The molecule has 0 saturated carbocycles. The fourth-order valence-electron chi connectivity index (χ4n) is 3.10. The molecule has 0 fully saturated rings. The Hall–Kier alpha value is -3.80. The van der Waals surface area contributed by atoms with Crippen LogP contribution in [0.15, 0.2) is 84.9 Å². The average molecular weight is 433 g/mol. The van der Waals surface area contributed by atoms with Crippen molar-refractivity contribution in [1.82, 2.24) is 0 Å². The van der Waals surface area contributed by atoms with E-state index in [0.717, 1.165) is 0 Å². The molecule has 0 bridgehead atoms. The van der Waals surface area contributed by atoms with E-state index in [2.05, 4.69) is 10.6 Å². The van der Waals surface area contributed by atoms with Crippen LogP contribution in [0.2, 0.25) is 0 Å². The van der Waals surface area contributed by atoms with E-state index in [0.29, 0.717) is 35.7 Å². The Balaban J connectivity index is 1.68. The summed E-state index contributed by atoms with van der Waals surface area (Å²) in [5.74, 6) is 0.677. The molecule has 2 amide bonds. The lowest BCUT2D eigenvalue weighted by Crippen LogP contribution is -2.34. The van der Waals surface area contributed by atoms with Gasteiger partial charge in [-0.1, -0.05) is 62.4 Å². The molecule has 6 heteroatoms. The van der Waals surface area contributed by atoms with E-state index in [9.17, 15) is 9.59 Å². The molecule has 0 unspecified atom stereocenters. The van der Waals surface area contributed by atoms with Crippen LogP contribution in [0.5, 0.6) is 11.5 Å². The molecule has 3 aromatic carbocycles. The fourth-order valence-corrected chi connectivity index (χ4v) is 3.10. The van der Waals surface area contributed by atoms with Gasteiger partial charge in [-0.05, 0) is 49.2 Å². The highest BCUT2D eigenvalue weighted by atomic mass is 16.5. The van der Waals surface area contributed by atoms with Gasteiger partial charge >= 0.3 is 0 Å². The van der Waals surface area contributed by atoms with Crippen molar-refractivity contribution in [2.24, 2.45) is 0 Å². The topological polar surface area (TPSA) is 76.7 Å². The van der Waals surface area contributed by atoms with E-state index in [1.807, 2.05) is 74.5 Å². The third-order valence-electron chi connectivity index (χ3n) is 4.81. The molecule has 166 valence electrons. The van der Waals surface area contributed by atoms with Gasteiger partial charge < -0.3 is 20.1 Å². The maximum atomic E-state index is 12.8. The maximum Gasteiger partial charge on any atom is 0.265 e. The van der Waals surface area contributed by atoms with E-state index in [1.54, 1.807) is 24.3 Å². The van der Waals surface area contributed by atoms with Gasteiger partial charge in [0.2, 0.25) is 0 Å². The number of rotatable bonds is 10. The van der Waals surface area contributed by atoms with E-state index in [1.165, 1.54) is 0 Å². The Kier molecular flexibility index (Phi) is 8.26. The van der Waals surface area contributed by atoms with Gasteiger partial charge in [0.1, 0.15) is 11.5 Å². The Morgan fingerprint density at radius 3 is 1.31 bits per heavy atom. The van der Waals surface area contributed by atoms with Crippen molar-refractivity contribution in [2.45, 2.75) is 38.9 Å². The molecule has 0 saturated heterocycles. The minimum Gasteiger partial charge on any atom is -0.481 e. The van der Waals surface area contributed by atoms with E-state index in [-0.39, 0.29) is 11.8 Å². The minimum absolute atomic E-state index is 0.286. The Labute approximate surface area is 188 Å². The summed E-state index contributed by atoms with van der Waals surface area (Å²) in [7, 11) is 0. The third kappa shape index (κ3) is 6.35. The normalized spacial score (nSPS) is 12.3. The van der Waals surface area contributed by atoms with Crippen LogP contribution in [0.25, 0.3) is 0 Å². The van der Waals surface area contributed by atoms with Gasteiger partial charge in [-0.2, -0.15) is 0 Å². The molecule has 0 heterocycles. The first-order valence-corrected chi connectivity index (χ1v) is 10.7. The lowest BCUT2D eigenvalue weighted by molar-refractivity contribution is -0.123. The van der Waals surface area contributed by atoms with Crippen LogP contribution in [0.3, 0.4) is 0 Å². The first-order chi connectivity index (χ1) is 15.6. The van der Waals surface area contributed by atoms with Crippen molar-refractivity contribution in [1.29, 1.82) is 0 Å². The summed E-state index contributed by atoms with van der Waals surface area (Å²) < 4.78 is 11.6. The van der Waals surface area contributed by atoms with Gasteiger partial charge in [-0.3, -0.25) is 9.59 Å². The van der Waals surface area contributed by atoms with Crippen LogP contribution in [-0.2, 0) is 9.59 Å². The average Bonchev–Trinajstić information content (AvgIpc) is 2.83. The van der Waals surface area contributed by atoms with Crippen LogP contribution >= 0.6 is 0 Å². The zero-order valence-corrected chi connectivity index (χ0v) is 18.3. The summed E-state index contributed by atoms with van der Waals surface area (Å²) in [5, 5.41) is 5.75. The molecule has 2 N–H and O–H groups in total. The maximum absolute atomic E-state index is 12.8. The number of ether oxygens (including phenoxy) is 2. The number of amides is 2. The molecule has 0 aliphatic heterocycles. The quantitative estimate of drug-likeness (QED) is 0.457. The van der Waals surface area contributed by atoms with Crippen molar-refractivity contribution < 1.29 is 19.1 Å². The van der Waals surface area contributed by atoms with E-state index >= 15 is 0 Å². The minimum atomic E-state index is -0.661. The molecule has 2 atom stereocenters. The standard InChI is InChI=1S/C26H28N2O4/c1-3-23(31-19-13-7-5-8-14-19)25(29)27-21-17-11-12-18-22(21)28-26(30)24(4-2)32-20-15-9-6-10-16-20/h5-18,23-24H,3-4H2,1-2H3,(H,27,29)(H,28,30)/t23-,24+. The molecule has 0 aliphatic carbocycles. The van der Waals surface area contributed by atoms with E-state index < -0.39 is 12.2 Å². The number of hydrogen-bond donors (Lipinski definition) is 2. The second-order valence-corrected chi connectivity index (χ2v) is 7.18. The highest BCUT2D eigenvalue weighted by molar-refractivity contribution is 6.02. The molecule has 0 spiro atoms. The summed E-state index contributed by atoms with van der Waals surface area (Å²) in [6.07, 6.45) is -0.326. The number of hydrogen-bond acceptors (Lipinski definition) is 4. The van der Waals surface area contributed by atoms with Crippen LogP contribution < -0.4 is 20.1 Å². The van der Waals surface area contributed by atoms with Crippen LogP contribution in [0.4, 0.5) is 11.4 Å². The molecule has 3 aromatic rings. The summed E-state index contributed by atoms with van der Waals surface area (Å²) in [6.45, 7) is 3.77. The Morgan fingerprint density at radius 1 is 0.625 bits per heavy atom. The number of carbonyl (C=O) groups excluding carboxylic acids is 2. The summed E-state index contributed by atoms with van der Waals surface area (Å²) >= 11 is 0. The monoisotopic (exact) mass is 432 g/mol. The van der Waals surface area contributed by atoms with Crippen molar-refractivity contribution in [3.63, 3.8) is 0 Å². The van der Waals surface area contributed by atoms with Gasteiger partial charge in [0.25, 0.3) is 11.8 Å². The van der Waals surface area contributed by atoms with Crippen molar-refractivity contribution >= 4 is 23.2 Å². The molecule has 0 radical (unpaired) electrons. The number of anilines is 2. The largest absolute Gasteiger partial charge is 0.481 e. The second-order valence-electron chi connectivity index (χ2n) is 7.18. The first-order valence-electron chi connectivity index (χ1n) is 10.7. The summed E-state index contributed by atoms with van der Waals surface area (Å²) in [4.78, 5) is 25.7. The number of carbonyl (C=O) groups is 2. The van der Waals surface area contributed by atoms with Gasteiger partial charge in [-0.15, -0.1) is 0 Å². The molecule has 0 aromatic heterocycles. The van der Waals surface area contributed by atoms with Gasteiger partial charge in [0, 0.05) is 0 Å². The first kappa shape index (κ1) is 22.9. The smallest absolute Gasteiger partial charge is 0.265 e. The number of benzene rings is 3. The lowest BCUT2D eigenvalue weighted by Gasteiger charge is -2.20.